The first-order valence-corrected chi connectivity index (χ1v) is 11.8. The zero-order valence-corrected chi connectivity index (χ0v) is 20.0. The number of benzene rings is 3. The van der Waals surface area contributed by atoms with Gasteiger partial charge in [0.15, 0.2) is 0 Å². The number of esters is 2. The van der Waals surface area contributed by atoms with Gasteiger partial charge in [0.05, 0.1) is 11.1 Å². The fourth-order valence-corrected chi connectivity index (χ4v) is 4.10. The molecule has 1 fully saturated rings. The van der Waals surface area contributed by atoms with Gasteiger partial charge in [-0.2, -0.15) is 0 Å². The van der Waals surface area contributed by atoms with E-state index >= 15 is 0 Å². The summed E-state index contributed by atoms with van der Waals surface area (Å²) in [5, 5.41) is 0. The van der Waals surface area contributed by atoms with Crippen LogP contribution in [0.4, 0.5) is 11.4 Å². The lowest BCUT2D eigenvalue weighted by Gasteiger charge is -2.26. The summed E-state index contributed by atoms with van der Waals surface area (Å²) >= 11 is 0. The van der Waals surface area contributed by atoms with Crippen LogP contribution < -0.4 is 21.9 Å². The third kappa shape index (κ3) is 7.86. The maximum atomic E-state index is 12.0. The van der Waals surface area contributed by atoms with Gasteiger partial charge >= 0.3 is 11.9 Å². The van der Waals surface area contributed by atoms with Gasteiger partial charge in [-0.3, -0.25) is 5.73 Å². The van der Waals surface area contributed by atoms with Crippen LogP contribution in [0, 0.1) is 5.92 Å². The summed E-state index contributed by atoms with van der Waals surface area (Å²) in [6.45, 7) is 2.18. The Hall–Kier alpha value is -3.84. The highest BCUT2D eigenvalue weighted by molar-refractivity contribution is 5.92. The fourth-order valence-electron chi connectivity index (χ4n) is 4.10. The topological polar surface area (TPSA) is 131 Å². The van der Waals surface area contributed by atoms with Gasteiger partial charge in [-0.1, -0.05) is 50.1 Å². The van der Waals surface area contributed by atoms with Crippen molar-refractivity contribution in [2.75, 3.05) is 18.2 Å². The Kier molecular flexibility index (Phi) is 9.26. The van der Waals surface area contributed by atoms with Crippen molar-refractivity contribution in [2.24, 2.45) is 11.7 Å². The molecule has 0 amide bonds. The van der Waals surface area contributed by atoms with Crippen molar-refractivity contribution >= 4 is 23.3 Å². The average molecular weight is 476 g/mol. The molecule has 0 aromatic heterocycles. The van der Waals surface area contributed by atoms with Crippen LogP contribution in [-0.4, -0.2) is 18.7 Å². The normalized spacial score (nSPS) is 17.0. The molecule has 0 atom stereocenters. The van der Waals surface area contributed by atoms with Gasteiger partial charge in [0.2, 0.25) is 0 Å². The monoisotopic (exact) mass is 475 g/mol. The molecule has 7 nitrogen and oxygen atoms in total. The number of nitrogen functional groups attached to an aromatic ring is 2. The second kappa shape index (κ2) is 12.6. The SMILES string of the molecule is CC1CCC(c2ccc(OC(=O)c3ccccc3)cc2)CC1.NCOC(=O)c1cc(N)cc(N)c1. The highest BCUT2D eigenvalue weighted by Gasteiger charge is 2.19. The van der Waals surface area contributed by atoms with E-state index in [1.165, 1.54) is 43.4 Å². The van der Waals surface area contributed by atoms with Crippen LogP contribution in [-0.2, 0) is 4.74 Å². The largest absolute Gasteiger partial charge is 0.446 e. The van der Waals surface area contributed by atoms with Crippen LogP contribution >= 0.6 is 0 Å². The van der Waals surface area contributed by atoms with Gasteiger partial charge < -0.3 is 20.9 Å². The molecule has 0 radical (unpaired) electrons. The number of anilines is 2. The molecule has 1 aliphatic rings. The molecule has 184 valence electrons. The molecule has 0 bridgehead atoms. The Morgan fingerprint density at radius 2 is 1.40 bits per heavy atom. The molecule has 0 heterocycles. The molecule has 0 aliphatic heterocycles. The zero-order chi connectivity index (χ0) is 25.2. The van der Waals surface area contributed by atoms with Crippen molar-refractivity contribution in [3.63, 3.8) is 0 Å². The minimum atomic E-state index is -0.526. The summed E-state index contributed by atoms with van der Waals surface area (Å²) in [6.07, 6.45) is 5.17. The average Bonchev–Trinajstić information content (AvgIpc) is 2.85. The maximum absolute atomic E-state index is 12.0. The number of ether oxygens (including phenoxy) is 2. The van der Waals surface area contributed by atoms with E-state index in [2.05, 4.69) is 23.8 Å². The molecule has 7 heteroatoms. The highest BCUT2D eigenvalue weighted by atomic mass is 16.5. The predicted octanol–water partition coefficient (Wildman–Crippen LogP) is 5.12. The first-order valence-electron chi connectivity index (χ1n) is 11.8. The molecule has 0 unspecified atom stereocenters. The van der Waals surface area contributed by atoms with Crippen molar-refractivity contribution in [1.82, 2.24) is 0 Å². The van der Waals surface area contributed by atoms with Crippen molar-refractivity contribution in [3.8, 4) is 5.75 Å². The summed E-state index contributed by atoms with van der Waals surface area (Å²) in [5.41, 5.74) is 19.1. The van der Waals surface area contributed by atoms with Crippen LogP contribution in [0.15, 0.2) is 72.8 Å². The van der Waals surface area contributed by atoms with E-state index in [1.54, 1.807) is 18.2 Å². The van der Waals surface area contributed by atoms with E-state index in [0.29, 0.717) is 34.2 Å². The fraction of sp³-hybridized carbons (Fsp3) is 0.286. The molecule has 35 heavy (non-hydrogen) atoms. The van der Waals surface area contributed by atoms with E-state index in [9.17, 15) is 9.59 Å². The van der Waals surface area contributed by atoms with Crippen molar-refractivity contribution in [3.05, 3.63) is 89.5 Å². The molecule has 4 rings (SSSR count). The predicted molar refractivity (Wildman–Crippen MR) is 138 cm³/mol. The minimum absolute atomic E-state index is 0.159. The molecule has 6 N–H and O–H groups in total. The number of nitrogens with two attached hydrogens (primary N) is 3. The number of hydrogen-bond acceptors (Lipinski definition) is 7. The summed E-state index contributed by atoms with van der Waals surface area (Å²) in [4.78, 5) is 23.2. The van der Waals surface area contributed by atoms with Gasteiger partial charge in [-0.15, -0.1) is 0 Å². The molecule has 1 aliphatic carbocycles. The summed E-state index contributed by atoms with van der Waals surface area (Å²) in [7, 11) is 0. The smallest absolute Gasteiger partial charge is 0.343 e. The Labute approximate surface area is 206 Å². The second-order valence-electron chi connectivity index (χ2n) is 8.77. The zero-order valence-electron chi connectivity index (χ0n) is 20.0. The van der Waals surface area contributed by atoms with Crippen molar-refractivity contribution < 1.29 is 19.1 Å². The van der Waals surface area contributed by atoms with E-state index < -0.39 is 5.97 Å². The number of carbonyl (C=O) groups is 2. The Morgan fingerprint density at radius 1 is 0.800 bits per heavy atom. The standard InChI is InChI=1S/C20H22O2.C8H11N3O2/c1-15-7-9-16(10-8-15)17-11-13-19(14-12-17)22-20(21)18-5-3-2-4-6-18;9-4-13-8(12)5-1-6(10)3-7(11)2-5/h2-6,11-16H,7-10H2,1H3;1-3H,4,9-11H2. The summed E-state index contributed by atoms with van der Waals surface area (Å²) < 4.78 is 9.99. The molecule has 0 spiro atoms. The quantitative estimate of drug-likeness (QED) is 0.202. The first kappa shape index (κ1) is 25.8. The number of hydrogen-bond donors (Lipinski definition) is 3. The van der Waals surface area contributed by atoms with Crippen LogP contribution in [0.3, 0.4) is 0 Å². The summed E-state index contributed by atoms with van der Waals surface area (Å²) in [5.74, 6) is 1.31. The lowest BCUT2D eigenvalue weighted by Crippen LogP contribution is -2.12. The Morgan fingerprint density at radius 3 is 1.97 bits per heavy atom. The lowest BCUT2D eigenvalue weighted by molar-refractivity contribution is 0.0515. The van der Waals surface area contributed by atoms with Gasteiger partial charge in [0.25, 0.3) is 0 Å². The van der Waals surface area contributed by atoms with E-state index in [-0.39, 0.29) is 12.7 Å². The first-order chi connectivity index (χ1) is 16.9. The van der Waals surface area contributed by atoms with Gasteiger partial charge in [-0.05, 0) is 72.7 Å². The van der Waals surface area contributed by atoms with E-state index in [1.807, 2.05) is 30.3 Å². The minimum Gasteiger partial charge on any atom is -0.446 e. The van der Waals surface area contributed by atoms with Gasteiger partial charge in [0, 0.05) is 11.4 Å². The third-order valence-corrected chi connectivity index (χ3v) is 6.02. The van der Waals surface area contributed by atoms with Crippen LogP contribution in [0.1, 0.15) is 64.8 Å². The van der Waals surface area contributed by atoms with Gasteiger partial charge in [0.1, 0.15) is 12.5 Å². The Bertz CT molecular complexity index is 1090. The molecular weight excluding hydrogens is 442 g/mol. The lowest BCUT2D eigenvalue weighted by atomic mass is 9.79. The van der Waals surface area contributed by atoms with Crippen LogP contribution in [0.5, 0.6) is 5.75 Å². The molecule has 0 saturated heterocycles. The number of rotatable bonds is 5. The van der Waals surface area contributed by atoms with E-state index in [4.69, 9.17) is 21.9 Å². The van der Waals surface area contributed by atoms with E-state index in [0.717, 1.165) is 5.92 Å². The molecule has 3 aromatic rings. The molecule has 3 aromatic carbocycles. The van der Waals surface area contributed by atoms with Crippen molar-refractivity contribution in [2.45, 2.75) is 38.5 Å². The van der Waals surface area contributed by atoms with Crippen molar-refractivity contribution in [1.29, 1.82) is 0 Å². The van der Waals surface area contributed by atoms with Crippen LogP contribution in [0.2, 0.25) is 0 Å². The third-order valence-electron chi connectivity index (χ3n) is 6.02. The number of carbonyl (C=O) groups excluding carboxylic acids is 2. The second-order valence-corrected chi connectivity index (χ2v) is 8.77. The molecule has 1 saturated carbocycles. The van der Waals surface area contributed by atoms with Gasteiger partial charge in [-0.25, -0.2) is 9.59 Å². The van der Waals surface area contributed by atoms with Crippen LogP contribution in [0.25, 0.3) is 0 Å². The Balaban J connectivity index is 0.000000225. The maximum Gasteiger partial charge on any atom is 0.343 e. The molecular formula is C28H33N3O4. The highest BCUT2D eigenvalue weighted by Crippen LogP contribution is 2.36. The summed E-state index contributed by atoms with van der Waals surface area (Å²) in [6, 6.07) is 21.6.